The highest BCUT2D eigenvalue weighted by Gasteiger charge is 2.23. The molecule has 1 atom stereocenters. The molecule has 0 amide bonds. The van der Waals surface area contributed by atoms with Crippen molar-refractivity contribution in [2.45, 2.75) is 26.8 Å². The van der Waals surface area contributed by atoms with E-state index in [1.165, 1.54) is 11.1 Å². The van der Waals surface area contributed by atoms with Crippen LogP contribution in [0, 0.1) is 20.8 Å². The van der Waals surface area contributed by atoms with Gasteiger partial charge in [-0.15, -0.1) is 0 Å². The molecule has 0 saturated carbocycles. The van der Waals surface area contributed by atoms with Crippen LogP contribution < -0.4 is 4.74 Å². The number of ether oxygens (including phenoxy) is 2. The minimum absolute atomic E-state index is 0.0481. The van der Waals surface area contributed by atoms with Crippen molar-refractivity contribution in [2.75, 3.05) is 6.61 Å². The first-order valence-electron chi connectivity index (χ1n) is 12.7. The Morgan fingerprint density at radius 2 is 1.58 bits per heavy atom. The Bertz CT molecular complexity index is 1670. The van der Waals surface area contributed by atoms with E-state index in [1.807, 2.05) is 55.5 Å². The average molecular weight is 501 g/mol. The number of aliphatic imine (C=N–C) groups is 1. The summed E-state index contributed by atoms with van der Waals surface area (Å²) >= 11 is 0. The highest BCUT2D eigenvalue weighted by atomic mass is 16.5. The van der Waals surface area contributed by atoms with E-state index in [9.17, 15) is 5.11 Å². The first-order chi connectivity index (χ1) is 18.4. The third-order valence-electron chi connectivity index (χ3n) is 6.87. The van der Waals surface area contributed by atoms with Crippen LogP contribution in [0.1, 0.15) is 33.9 Å². The smallest absolute Gasteiger partial charge is 0.219 e. The summed E-state index contributed by atoms with van der Waals surface area (Å²) in [6.07, 6.45) is 0. The first-order valence-corrected chi connectivity index (χ1v) is 12.7. The monoisotopic (exact) mass is 500 g/mol. The number of rotatable bonds is 5. The van der Waals surface area contributed by atoms with Crippen LogP contribution in [0.25, 0.3) is 22.0 Å². The summed E-state index contributed by atoms with van der Waals surface area (Å²) < 4.78 is 12.4. The van der Waals surface area contributed by atoms with Gasteiger partial charge in [0.25, 0.3) is 0 Å². The number of hydrogen-bond donors (Lipinski definition) is 1. The second-order valence-electron chi connectivity index (χ2n) is 9.79. The van der Waals surface area contributed by atoms with Crippen LogP contribution in [0.15, 0.2) is 96.0 Å². The van der Waals surface area contributed by atoms with E-state index in [2.05, 4.69) is 55.2 Å². The largest absolute Gasteiger partial charge is 0.506 e. The molecule has 188 valence electrons. The summed E-state index contributed by atoms with van der Waals surface area (Å²) in [4.78, 5) is 9.50. The standard InChI is InChI=1S/C33H28N2O3/c1-20-14-24-12-13-30(35-32(24)29(36)15-20)38-27-17-25(31-21(2)8-7-9-22(31)3)16-26(18-27)33-34-28(19-37-33)23-10-5-4-6-11-23/h4-18,28,36H,19H2,1-3H3/t28-/m1/s1. The Labute approximate surface area is 222 Å². The number of aromatic hydroxyl groups is 1. The van der Waals surface area contributed by atoms with Crippen molar-refractivity contribution in [1.82, 2.24) is 4.98 Å². The van der Waals surface area contributed by atoms with Crippen LogP contribution in [-0.2, 0) is 4.74 Å². The molecule has 0 bridgehead atoms. The molecule has 0 unspecified atom stereocenters. The highest BCUT2D eigenvalue weighted by Crippen LogP contribution is 2.35. The lowest BCUT2D eigenvalue weighted by Gasteiger charge is -2.14. The first kappa shape index (κ1) is 23.7. The topological polar surface area (TPSA) is 63.9 Å². The van der Waals surface area contributed by atoms with Crippen molar-refractivity contribution >= 4 is 16.8 Å². The molecule has 5 heteroatoms. The fraction of sp³-hybridized carbons (Fsp3) is 0.152. The van der Waals surface area contributed by atoms with Crippen molar-refractivity contribution < 1.29 is 14.6 Å². The van der Waals surface area contributed by atoms with Crippen molar-refractivity contribution in [3.8, 4) is 28.5 Å². The van der Waals surface area contributed by atoms with Gasteiger partial charge < -0.3 is 14.6 Å². The summed E-state index contributed by atoms with van der Waals surface area (Å²) in [5, 5.41) is 11.3. The van der Waals surface area contributed by atoms with Gasteiger partial charge in [-0.1, -0.05) is 48.5 Å². The van der Waals surface area contributed by atoms with E-state index in [0.717, 1.165) is 33.2 Å². The molecule has 4 aromatic carbocycles. The van der Waals surface area contributed by atoms with E-state index in [-0.39, 0.29) is 11.8 Å². The van der Waals surface area contributed by atoms with Gasteiger partial charge in [-0.3, -0.25) is 0 Å². The lowest BCUT2D eigenvalue weighted by Crippen LogP contribution is -2.03. The predicted molar refractivity (Wildman–Crippen MR) is 151 cm³/mol. The van der Waals surface area contributed by atoms with Gasteiger partial charge in [0.1, 0.15) is 29.7 Å². The minimum Gasteiger partial charge on any atom is -0.506 e. The molecule has 6 rings (SSSR count). The van der Waals surface area contributed by atoms with E-state index in [4.69, 9.17) is 14.5 Å². The Morgan fingerprint density at radius 3 is 2.37 bits per heavy atom. The highest BCUT2D eigenvalue weighted by molar-refractivity contribution is 5.97. The van der Waals surface area contributed by atoms with E-state index < -0.39 is 0 Å². The number of phenolic OH excluding ortho intramolecular Hbond substituents is 1. The van der Waals surface area contributed by atoms with Gasteiger partial charge in [0.15, 0.2) is 0 Å². The molecule has 0 saturated heterocycles. The molecule has 1 aliphatic heterocycles. The van der Waals surface area contributed by atoms with E-state index in [0.29, 0.717) is 29.7 Å². The number of benzene rings is 4. The quantitative estimate of drug-likeness (QED) is 0.267. The number of nitrogens with zero attached hydrogens (tertiary/aromatic N) is 2. The molecular weight excluding hydrogens is 472 g/mol. The van der Waals surface area contributed by atoms with Crippen LogP contribution >= 0.6 is 0 Å². The Balaban J connectivity index is 1.43. The zero-order chi connectivity index (χ0) is 26.2. The normalized spacial score (nSPS) is 14.8. The molecule has 0 spiro atoms. The number of hydrogen-bond acceptors (Lipinski definition) is 5. The van der Waals surface area contributed by atoms with Gasteiger partial charge in [0.05, 0.1) is 0 Å². The minimum atomic E-state index is -0.0481. The molecular formula is C33H28N2O3. The van der Waals surface area contributed by atoms with Crippen LogP contribution in [0.2, 0.25) is 0 Å². The summed E-state index contributed by atoms with van der Waals surface area (Å²) in [5.74, 6) is 1.75. The number of aromatic nitrogens is 1. The summed E-state index contributed by atoms with van der Waals surface area (Å²) in [6.45, 7) is 6.66. The number of fused-ring (bicyclic) bond motifs is 1. The van der Waals surface area contributed by atoms with Crippen molar-refractivity contribution in [2.24, 2.45) is 4.99 Å². The number of phenols is 1. The van der Waals surface area contributed by atoms with E-state index >= 15 is 0 Å². The fourth-order valence-electron chi connectivity index (χ4n) is 5.10. The van der Waals surface area contributed by atoms with Crippen molar-refractivity contribution in [3.63, 3.8) is 0 Å². The molecule has 1 aliphatic rings. The SMILES string of the molecule is Cc1cc(O)c2nc(Oc3cc(C4=N[C@@H](c5ccccc5)CO4)cc(-c4c(C)cccc4C)c3)ccc2c1. The maximum absolute atomic E-state index is 10.5. The molecule has 1 aromatic heterocycles. The Hall–Kier alpha value is -4.64. The third-order valence-corrected chi connectivity index (χ3v) is 6.87. The molecule has 0 fully saturated rings. The van der Waals surface area contributed by atoms with Gasteiger partial charge in [-0.25, -0.2) is 9.98 Å². The van der Waals surface area contributed by atoms with Crippen LogP contribution in [0.3, 0.4) is 0 Å². The van der Waals surface area contributed by atoms with Crippen LogP contribution in [0.4, 0.5) is 0 Å². The molecule has 2 heterocycles. The Kier molecular flexibility index (Phi) is 6.04. The van der Waals surface area contributed by atoms with E-state index in [1.54, 1.807) is 6.07 Å². The van der Waals surface area contributed by atoms with Gasteiger partial charge in [-0.2, -0.15) is 0 Å². The van der Waals surface area contributed by atoms with Gasteiger partial charge in [0, 0.05) is 17.0 Å². The zero-order valence-corrected chi connectivity index (χ0v) is 21.6. The Morgan fingerprint density at radius 1 is 0.816 bits per heavy atom. The fourth-order valence-corrected chi connectivity index (χ4v) is 5.10. The molecule has 5 nitrogen and oxygen atoms in total. The maximum Gasteiger partial charge on any atom is 0.219 e. The zero-order valence-electron chi connectivity index (χ0n) is 21.6. The summed E-state index contributed by atoms with van der Waals surface area (Å²) in [5.41, 5.74) is 7.97. The average Bonchev–Trinajstić information content (AvgIpc) is 3.40. The third kappa shape index (κ3) is 4.59. The van der Waals surface area contributed by atoms with Crippen molar-refractivity contribution in [1.29, 1.82) is 0 Å². The molecule has 38 heavy (non-hydrogen) atoms. The predicted octanol–water partition coefficient (Wildman–Crippen LogP) is 7.84. The van der Waals surface area contributed by atoms with Crippen molar-refractivity contribution in [3.05, 3.63) is 119 Å². The van der Waals surface area contributed by atoms with Crippen LogP contribution in [-0.4, -0.2) is 22.6 Å². The molecule has 0 aliphatic carbocycles. The van der Waals surface area contributed by atoms with Crippen LogP contribution in [0.5, 0.6) is 17.4 Å². The van der Waals surface area contributed by atoms with Gasteiger partial charge in [-0.05, 0) is 90.6 Å². The van der Waals surface area contributed by atoms with Gasteiger partial charge in [0.2, 0.25) is 11.8 Å². The molecule has 1 N–H and O–H groups in total. The summed E-state index contributed by atoms with van der Waals surface area (Å²) in [6, 6.07) is 29.9. The second-order valence-corrected chi connectivity index (χ2v) is 9.79. The molecule has 0 radical (unpaired) electrons. The summed E-state index contributed by atoms with van der Waals surface area (Å²) in [7, 11) is 0. The second kappa shape index (κ2) is 9.67. The van der Waals surface area contributed by atoms with Gasteiger partial charge >= 0.3 is 0 Å². The number of pyridine rings is 1. The lowest BCUT2D eigenvalue weighted by atomic mass is 9.94. The molecule has 5 aromatic rings. The number of aryl methyl sites for hydroxylation is 3. The maximum atomic E-state index is 10.5. The lowest BCUT2D eigenvalue weighted by molar-refractivity contribution is 0.319.